The Hall–Kier alpha value is -3.32. The second-order valence-corrected chi connectivity index (χ2v) is 7.46. The van der Waals surface area contributed by atoms with Crippen LogP contribution in [0.3, 0.4) is 0 Å². The summed E-state index contributed by atoms with van der Waals surface area (Å²) in [5, 5.41) is 0.589. The summed E-state index contributed by atoms with van der Waals surface area (Å²) < 4.78 is 16.2. The summed E-state index contributed by atoms with van der Waals surface area (Å²) in [5.74, 6) is 0.809. The smallest absolute Gasteiger partial charge is 0.341 e. The number of rotatable bonds is 7. The largest absolute Gasteiger partial charge is 0.503 e. The van der Waals surface area contributed by atoms with Gasteiger partial charge in [-0.3, -0.25) is 0 Å². The van der Waals surface area contributed by atoms with Gasteiger partial charge in [-0.1, -0.05) is 36.4 Å². The minimum atomic E-state index is -0.567. The van der Waals surface area contributed by atoms with E-state index in [0.717, 1.165) is 11.1 Å². The molecule has 7 heteroatoms. The minimum absolute atomic E-state index is 0.180. The Morgan fingerprint density at radius 2 is 1.81 bits per heavy atom. The monoisotopic (exact) mass is 436 g/mol. The summed E-state index contributed by atoms with van der Waals surface area (Å²) in [5.41, 5.74) is 3.91. The van der Waals surface area contributed by atoms with Crippen LogP contribution < -0.4 is 4.74 Å². The Balaban J connectivity index is 2.11. The molecule has 0 aliphatic heterocycles. The molecule has 31 heavy (non-hydrogen) atoms. The van der Waals surface area contributed by atoms with E-state index in [4.69, 9.17) is 14.2 Å². The van der Waals surface area contributed by atoms with Crippen molar-refractivity contribution in [2.75, 3.05) is 20.5 Å². The van der Waals surface area contributed by atoms with Crippen molar-refractivity contribution >= 4 is 23.3 Å². The minimum Gasteiger partial charge on any atom is -0.503 e. The van der Waals surface area contributed by atoms with E-state index in [9.17, 15) is 4.79 Å². The molecule has 0 fully saturated rings. The van der Waals surface area contributed by atoms with Crippen molar-refractivity contribution in [3.63, 3.8) is 0 Å². The topological polar surface area (TPSA) is 70.5 Å². The first-order valence-electron chi connectivity index (χ1n) is 9.56. The summed E-state index contributed by atoms with van der Waals surface area (Å²) in [4.78, 5) is 21.4. The average molecular weight is 437 g/mol. The maximum Gasteiger partial charge on any atom is 0.341 e. The normalized spacial score (nSPS) is 11.2. The highest BCUT2D eigenvalue weighted by atomic mass is 32.2. The van der Waals surface area contributed by atoms with Gasteiger partial charge in [-0.05, 0) is 48.9 Å². The van der Waals surface area contributed by atoms with Crippen LogP contribution in [0.4, 0.5) is 0 Å². The molecule has 0 aliphatic rings. The number of thioether (sulfide) groups is 1. The molecule has 0 amide bonds. The molecule has 3 rings (SSSR count). The van der Waals surface area contributed by atoms with Gasteiger partial charge in [-0.25, -0.2) is 9.78 Å². The van der Waals surface area contributed by atoms with Crippen molar-refractivity contribution in [2.45, 2.75) is 18.9 Å². The van der Waals surface area contributed by atoms with Crippen LogP contribution in [0, 0.1) is 13.8 Å². The Morgan fingerprint density at radius 3 is 2.48 bits per heavy atom. The van der Waals surface area contributed by atoms with Crippen molar-refractivity contribution in [1.29, 1.82) is 0 Å². The first kappa shape index (κ1) is 22.4. The fraction of sp³-hybridized carbons (Fsp3) is 0.208. The number of nitrogens with zero attached hydrogens (tertiary/aromatic N) is 2. The Kier molecular flexibility index (Phi) is 7.31. The quantitative estimate of drug-likeness (QED) is 0.161. The Morgan fingerprint density at radius 1 is 1.03 bits per heavy atom. The third-order valence-corrected chi connectivity index (χ3v) is 5.24. The standard InChI is InChI=1S/C24H24N2O4S/c1-15-9-6-7-12-19(15)17-10-8-11-18(13-17)30-22-21(20(14-28-3)24(27)29-4)23(31-5)26-16(2)25-22/h6-14H,1-5H3/b20-14+. The Labute approximate surface area is 186 Å². The molecule has 0 saturated carbocycles. The van der Waals surface area contributed by atoms with E-state index in [1.165, 1.54) is 37.8 Å². The van der Waals surface area contributed by atoms with Crippen molar-refractivity contribution in [1.82, 2.24) is 9.97 Å². The summed E-state index contributed by atoms with van der Waals surface area (Å²) >= 11 is 1.38. The first-order valence-corrected chi connectivity index (χ1v) is 10.8. The van der Waals surface area contributed by atoms with Crippen LogP contribution in [0.15, 0.2) is 59.8 Å². The van der Waals surface area contributed by atoms with Gasteiger partial charge >= 0.3 is 5.97 Å². The van der Waals surface area contributed by atoms with E-state index in [0.29, 0.717) is 22.2 Å². The van der Waals surface area contributed by atoms with Crippen LogP contribution in [0.2, 0.25) is 0 Å². The number of aromatic nitrogens is 2. The zero-order valence-electron chi connectivity index (χ0n) is 18.1. The van der Waals surface area contributed by atoms with E-state index in [2.05, 4.69) is 29.0 Å². The van der Waals surface area contributed by atoms with Gasteiger partial charge in [0.25, 0.3) is 0 Å². The van der Waals surface area contributed by atoms with Gasteiger partial charge in [0.1, 0.15) is 22.2 Å². The summed E-state index contributed by atoms with van der Waals surface area (Å²) in [6, 6.07) is 15.9. The predicted molar refractivity (Wildman–Crippen MR) is 122 cm³/mol. The molecule has 2 aromatic carbocycles. The van der Waals surface area contributed by atoms with Gasteiger partial charge in [-0.15, -0.1) is 11.8 Å². The van der Waals surface area contributed by atoms with Gasteiger partial charge in [0.2, 0.25) is 5.88 Å². The van der Waals surface area contributed by atoms with Gasteiger partial charge in [-0.2, -0.15) is 4.98 Å². The van der Waals surface area contributed by atoms with Crippen LogP contribution >= 0.6 is 11.8 Å². The van der Waals surface area contributed by atoms with Crippen LogP contribution in [-0.4, -0.2) is 36.4 Å². The summed E-state index contributed by atoms with van der Waals surface area (Å²) in [6.45, 7) is 3.84. The molecule has 0 saturated heterocycles. The third-order valence-electron chi connectivity index (χ3n) is 4.56. The van der Waals surface area contributed by atoms with Gasteiger partial charge in [0.05, 0.1) is 26.0 Å². The van der Waals surface area contributed by atoms with Crippen LogP contribution in [0.1, 0.15) is 17.0 Å². The fourth-order valence-corrected chi connectivity index (χ4v) is 3.77. The summed E-state index contributed by atoms with van der Waals surface area (Å²) in [6.07, 6.45) is 3.19. The number of aryl methyl sites for hydroxylation is 2. The first-order chi connectivity index (χ1) is 15.0. The van der Waals surface area contributed by atoms with Crippen LogP contribution in [0.25, 0.3) is 16.7 Å². The number of carbonyl (C=O) groups is 1. The van der Waals surface area contributed by atoms with E-state index in [1.54, 1.807) is 6.92 Å². The lowest BCUT2D eigenvalue weighted by Gasteiger charge is -2.15. The third kappa shape index (κ3) is 5.06. The highest BCUT2D eigenvalue weighted by Gasteiger charge is 2.25. The number of carbonyl (C=O) groups excluding carboxylic acids is 1. The number of esters is 1. The number of benzene rings is 2. The van der Waals surface area contributed by atoms with E-state index < -0.39 is 5.97 Å². The zero-order chi connectivity index (χ0) is 22.4. The lowest BCUT2D eigenvalue weighted by Crippen LogP contribution is -2.10. The SMILES string of the molecule is CO/C=C(/C(=O)OC)c1c(Oc2cccc(-c3ccccc3C)c2)nc(C)nc1SC. The highest BCUT2D eigenvalue weighted by molar-refractivity contribution is 7.98. The molecule has 0 unspecified atom stereocenters. The maximum atomic E-state index is 12.4. The molecule has 0 aliphatic carbocycles. The molecule has 3 aromatic rings. The lowest BCUT2D eigenvalue weighted by atomic mass is 10.0. The molecule has 1 heterocycles. The van der Waals surface area contributed by atoms with Crippen molar-refractivity contribution in [2.24, 2.45) is 0 Å². The second-order valence-electron chi connectivity index (χ2n) is 6.66. The van der Waals surface area contributed by atoms with E-state index in [-0.39, 0.29) is 11.5 Å². The van der Waals surface area contributed by atoms with Gasteiger partial charge in [0.15, 0.2) is 0 Å². The molecule has 6 nitrogen and oxygen atoms in total. The number of hydrogen-bond acceptors (Lipinski definition) is 7. The number of methoxy groups -OCH3 is 2. The predicted octanol–water partition coefficient (Wildman–Crippen LogP) is 5.43. The molecule has 160 valence electrons. The molecular formula is C24H24N2O4S. The summed E-state index contributed by atoms with van der Waals surface area (Å²) in [7, 11) is 2.77. The van der Waals surface area contributed by atoms with Gasteiger partial charge < -0.3 is 14.2 Å². The molecule has 0 atom stereocenters. The van der Waals surface area contributed by atoms with Crippen molar-refractivity contribution in [3.8, 4) is 22.8 Å². The maximum absolute atomic E-state index is 12.4. The van der Waals surface area contributed by atoms with Crippen molar-refractivity contribution < 1.29 is 19.0 Å². The molecule has 1 aromatic heterocycles. The fourth-order valence-electron chi connectivity index (χ4n) is 3.15. The van der Waals surface area contributed by atoms with E-state index in [1.807, 2.05) is 42.7 Å². The molecule has 0 radical (unpaired) electrons. The van der Waals surface area contributed by atoms with Gasteiger partial charge in [0, 0.05) is 0 Å². The number of ether oxygens (including phenoxy) is 3. The van der Waals surface area contributed by atoms with Crippen LogP contribution in [-0.2, 0) is 14.3 Å². The Bertz CT molecular complexity index is 1130. The lowest BCUT2D eigenvalue weighted by molar-refractivity contribution is -0.133. The zero-order valence-corrected chi connectivity index (χ0v) is 18.9. The molecule has 0 spiro atoms. The van der Waals surface area contributed by atoms with Crippen molar-refractivity contribution in [3.05, 3.63) is 71.7 Å². The van der Waals surface area contributed by atoms with Crippen LogP contribution in [0.5, 0.6) is 11.6 Å². The average Bonchev–Trinajstić information content (AvgIpc) is 2.77. The van der Waals surface area contributed by atoms with E-state index >= 15 is 0 Å². The second kappa shape index (κ2) is 10.1. The number of hydrogen-bond donors (Lipinski definition) is 0. The molecular weight excluding hydrogens is 412 g/mol. The molecule has 0 N–H and O–H groups in total. The highest BCUT2D eigenvalue weighted by Crippen LogP contribution is 2.36. The molecule has 0 bridgehead atoms.